The lowest BCUT2D eigenvalue weighted by Gasteiger charge is -2.14. The monoisotopic (exact) mass is 173 g/mol. The summed E-state index contributed by atoms with van der Waals surface area (Å²) in [5, 5.41) is 3.35. The Labute approximate surface area is 72.6 Å². The average Bonchev–Trinajstić information content (AvgIpc) is 1.85. The lowest BCUT2D eigenvalue weighted by atomic mass is 10.3. The van der Waals surface area contributed by atoms with Gasteiger partial charge in [0.25, 0.3) is 0 Å². The minimum atomic E-state index is -0.745. The van der Waals surface area contributed by atoms with Crippen molar-refractivity contribution in [2.75, 3.05) is 13.1 Å². The van der Waals surface area contributed by atoms with Crippen molar-refractivity contribution >= 4 is 8.07 Å². The van der Waals surface area contributed by atoms with Gasteiger partial charge in [0.1, 0.15) is 0 Å². The highest BCUT2D eigenvalue weighted by atomic mass is 28.3. The minimum absolute atomic E-state index is 0.745. The van der Waals surface area contributed by atoms with Gasteiger partial charge in [-0.25, -0.2) is 0 Å². The standard InChI is InChI=1S/C9H23NSi/c1-5-10-8-6-7-9-11(2,3)4/h10H,5-9H2,1-4H3. The van der Waals surface area contributed by atoms with Crippen LogP contribution in [0.25, 0.3) is 0 Å². The molecule has 0 aliphatic heterocycles. The Hall–Kier alpha value is 0.177. The number of unbranched alkanes of at least 4 members (excludes halogenated alkanes) is 1. The number of nitrogens with one attached hydrogen (secondary N) is 1. The SMILES string of the molecule is CCNCCCC[Si](C)(C)C. The average molecular weight is 173 g/mol. The molecule has 2 heteroatoms. The van der Waals surface area contributed by atoms with Gasteiger partial charge in [0.15, 0.2) is 0 Å². The highest BCUT2D eigenvalue weighted by Gasteiger charge is 2.10. The van der Waals surface area contributed by atoms with Crippen LogP contribution in [-0.2, 0) is 0 Å². The summed E-state index contributed by atoms with van der Waals surface area (Å²) in [6.07, 6.45) is 2.78. The third-order valence-corrected chi connectivity index (χ3v) is 3.63. The summed E-state index contributed by atoms with van der Waals surface area (Å²) in [6, 6.07) is 1.48. The lowest BCUT2D eigenvalue weighted by molar-refractivity contribution is 0.660. The Balaban J connectivity index is 3.02. The second kappa shape index (κ2) is 5.78. The molecule has 68 valence electrons. The summed E-state index contributed by atoms with van der Waals surface area (Å²) in [7, 11) is -0.745. The van der Waals surface area contributed by atoms with Crippen LogP contribution in [0.2, 0.25) is 25.7 Å². The molecule has 0 saturated heterocycles. The van der Waals surface area contributed by atoms with E-state index < -0.39 is 8.07 Å². The molecular formula is C9H23NSi. The molecule has 0 unspecified atom stereocenters. The molecule has 0 radical (unpaired) electrons. The summed E-state index contributed by atoms with van der Waals surface area (Å²) in [6.45, 7) is 11.8. The van der Waals surface area contributed by atoms with Crippen molar-refractivity contribution < 1.29 is 0 Å². The first-order chi connectivity index (χ1) is 5.06. The van der Waals surface area contributed by atoms with Gasteiger partial charge in [0.05, 0.1) is 0 Å². The van der Waals surface area contributed by atoms with Gasteiger partial charge in [-0.2, -0.15) is 0 Å². The largest absolute Gasteiger partial charge is 0.317 e. The molecule has 0 aromatic rings. The number of hydrogen-bond donors (Lipinski definition) is 1. The molecule has 11 heavy (non-hydrogen) atoms. The van der Waals surface area contributed by atoms with Crippen molar-refractivity contribution in [3.05, 3.63) is 0 Å². The third kappa shape index (κ3) is 10.2. The molecule has 1 N–H and O–H groups in total. The molecule has 0 aliphatic carbocycles. The van der Waals surface area contributed by atoms with Gasteiger partial charge in [-0.3, -0.25) is 0 Å². The number of hydrogen-bond acceptors (Lipinski definition) is 1. The highest BCUT2D eigenvalue weighted by Crippen LogP contribution is 2.11. The Kier molecular flexibility index (Phi) is 5.87. The molecule has 0 amide bonds. The predicted octanol–water partition coefficient (Wildman–Crippen LogP) is 2.71. The van der Waals surface area contributed by atoms with E-state index in [0.29, 0.717) is 0 Å². The molecule has 0 aromatic heterocycles. The van der Waals surface area contributed by atoms with E-state index in [0.717, 1.165) is 6.54 Å². The zero-order valence-corrected chi connectivity index (χ0v) is 9.54. The van der Waals surface area contributed by atoms with Gasteiger partial charge >= 0.3 is 0 Å². The minimum Gasteiger partial charge on any atom is -0.317 e. The Morgan fingerprint density at radius 2 is 1.73 bits per heavy atom. The van der Waals surface area contributed by atoms with E-state index in [1.807, 2.05) is 0 Å². The van der Waals surface area contributed by atoms with Crippen LogP contribution in [0.1, 0.15) is 19.8 Å². The van der Waals surface area contributed by atoms with E-state index in [-0.39, 0.29) is 0 Å². The van der Waals surface area contributed by atoms with Gasteiger partial charge in [-0.15, -0.1) is 0 Å². The molecular weight excluding hydrogens is 150 g/mol. The molecule has 0 spiro atoms. The van der Waals surface area contributed by atoms with Crippen LogP contribution in [0.4, 0.5) is 0 Å². The Morgan fingerprint density at radius 1 is 1.09 bits per heavy atom. The quantitative estimate of drug-likeness (QED) is 0.481. The van der Waals surface area contributed by atoms with Crippen LogP contribution < -0.4 is 5.32 Å². The smallest absolute Gasteiger partial charge is 0.0442 e. The maximum Gasteiger partial charge on any atom is 0.0442 e. The van der Waals surface area contributed by atoms with E-state index in [9.17, 15) is 0 Å². The van der Waals surface area contributed by atoms with Crippen LogP contribution in [0.3, 0.4) is 0 Å². The van der Waals surface area contributed by atoms with Gasteiger partial charge < -0.3 is 5.32 Å². The zero-order chi connectivity index (χ0) is 8.74. The molecule has 0 rings (SSSR count). The fourth-order valence-corrected chi connectivity index (χ4v) is 2.39. The summed E-state index contributed by atoms with van der Waals surface area (Å²) in [5.41, 5.74) is 0. The second-order valence-electron chi connectivity index (χ2n) is 4.37. The van der Waals surface area contributed by atoms with Gasteiger partial charge in [-0.05, 0) is 19.5 Å². The normalized spacial score (nSPS) is 12.0. The first kappa shape index (κ1) is 11.2. The maximum absolute atomic E-state index is 3.35. The lowest BCUT2D eigenvalue weighted by Crippen LogP contribution is -2.20. The van der Waals surface area contributed by atoms with Gasteiger partial charge in [0.2, 0.25) is 0 Å². The Bertz CT molecular complexity index is 86.1. The van der Waals surface area contributed by atoms with Crippen molar-refractivity contribution in [2.45, 2.75) is 45.5 Å². The summed E-state index contributed by atoms with van der Waals surface area (Å²) in [5.74, 6) is 0. The van der Waals surface area contributed by atoms with Crippen molar-refractivity contribution in [3.63, 3.8) is 0 Å². The molecule has 0 saturated carbocycles. The third-order valence-electron chi connectivity index (χ3n) is 1.78. The number of rotatable bonds is 6. The highest BCUT2D eigenvalue weighted by molar-refractivity contribution is 6.76. The van der Waals surface area contributed by atoms with E-state index in [1.165, 1.54) is 25.4 Å². The van der Waals surface area contributed by atoms with Gasteiger partial charge in [-0.1, -0.05) is 39.0 Å². The van der Waals surface area contributed by atoms with E-state index in [2.05, 4.69) is 31.9 Å². The summed E-state index contributed by atoms with van der Waals surface area (Å²) < 4.78 is 0. The molecule has 0 atom stereocenters. The van der Waals surface area contributed by atoms with E-state index in [4.69, 9.17) is 0 Å². The molecule has 0 aliphatic rings. The first-order valence-corrected chi connectivity index (χ1v) is 8.47. The Morgan fingerprint density at radius 3 is 2.18 bits per heavy atom. The molecule has 0 fully saturated rings. The second-order valence-corrected chi connectivity index (χ2v) is 9.99. The van der Waals surface area contributed by atoms with Crippen molar-refractivity contribution in [1.29, 1.82) is 0 Å². The predicted molar refractivity (Wildman–Crippen MR) is 55.9 cm³/mol. The molecule has 0 bridgehead atoms. The fourth-order valence-electron chi connectivity index (χ4n) is 1.08. The van der Waals surface area contributed by atoms with Crippen LogP contribution in [0.15, 0.2) is 0 Å². The van der Waals surface area contributed by atoms with Gasteiger partial charge in [0, 0.05) is 8.07 Å². The van der Waals surface area contributed by atoms with Crippen LogP contribution in [0.5, 0.6) is 0 Å². The fraction of sp³-hybridized carbons (Fsp3) is 1.00. The first-order valence-electron chi connectivity index (χ1n) is 4.77. The van der Waals surface area contributed by atoms with Crippen LogP contribution in [-0.4, -0.2) is 21.2 Å². The topological polar surface area (TPSA) is 12.0 Å². The zero-order valence-electron chi connectivity index (χ0n) is 8.54. The van der Waals surface area contributed by atoms with Crippen molar-refractivity contribution in [3.8, 4) is 0 Å². The molecule has 0 heterocycles. The maximum atomic E-state index is 3.35. The van der Waals surface area contributed by atoms with E-state index in [1.54, 1.807) is 0 Å². The van der Waals surface area contributed by atoms with Crippen LogP contribution >= 0.6 is 0 Å². The summed E-state index contributed by atoms with van der Waals surface area (Å²) in [4.78, 5) is 0. The van der Waals surface area contributed by atoms with Crippen LogP contribution in [0, 0.1) is 0 Å². The molecule has 1 nitrogen and oxygen atoms in total. The summed E-state index contributed by atoms with van der Waals surface area (Å²) >= 11 is 0. The van der Waals surface area contributed by atoms with E-state index >= 15 is 0 Å². The van der Waals surface area contributed by atoms with Crippen molar-refractivity contribution in [1.82, 2.24) is 5.32 Å². The van der Waals surface area contributed by atoms with Crippen molar-refractivity contribution in [2.24, 2.45) is 0 Å². The molecule has 0 aromatic carbocycles.